The number of fused-ring (bicyclic) bond motifs is 1. The SMILES string of the molecule is C[C@H]1CN[C@@H](C(=O)N[C@@H](C)C(=O)NCc2ccc3c(N)nccc3c2)C1. The van der Waals surface area contributed by atoms with Crippen LogP contribution in [0.3, 0.4) is 0 Å². The molecule has 26 heavy (non-hydrogen) atoms. The number of hydrogen-bond donors (Lipinski definition) is 4. The number of hydrogen-bond acceptors (Lipinski definition) is 5. The number of nitrogens with two attached hydrogens (primary N) is 1. The summed E-state index contributed by atoms with van der Waals surface area (Å²) in [4.78, 5) is 28.5. The Labute approximate surface area is 152 Å². The van der Waals surface area contributed by atoms with Crippen LogP contribution in [0.5, 0.6) is 0 Å². The Balaban J connectivity index is 1.54. The molecule has 5 N–H and O–H groups in total. The molecule has 7 heteroatoms. The van der Waals surface area contributed by atoms with Crippen molar-refractivity contribution in [2.45, 2.75) is 38.9 Å². The van der Waals surface area contributed by atoms with Gasteiger partial charge in [0.1, 0.15) is 11.9 Å². The zero-order chi connectivity index (χ0) is 18.7. The van der Waals surface area contributed by atoms with E-state index >= 15 is 0 Å². The van der Waals surface area contributed by atoms with Gasteiger partial charge in [0.25, 0.3) is 0 Å². The Morgan fingerprint density at radius 2 is 2.19 bits per heavy atom. The molecule has 1 aliphatic rings. The van der Waals surface area contributed by atoms with Gasteiger partial charge in [0.05, 0.1) is 6.04 Å². The summed E-state index contributed by atoms with van der Waals surface area (Å²) in [6.45, 7) is 5.01. The van der Waals surface area contributed by atoms with Crippen LogP contribution in [-0.4, -0.2) is 35.4 Å². The van der Waals surface area contributed by atoms with E-state index in [4.69, 9.17) is 5.73 Å². The third kappa shape index (κ3) is 4.11. The molecular formula is C19H25N5O2. The molecule has 2 amide bonds. The molecule has 0 unspecified atom stereocenters. The van der Waals surface area contributed by atoms with Gasteiger partial charge in [0.15, 0.2) is 0 Å². The number of carbonyl (C=O) groups is 2. The number of aromatic nitrogens is 1. The van der Waals surface area contributed by atoms with E-state index in [0.29, 0.717) is 18.3 Å². The molecule has 1 fully saturated rings. The second-order valence-corrected chi connectivity index (χ2v) is 7.00. The van der Waals surface area contributed by atoms with Crippen LogP contribution < -0.4 is 21.7 Å². The summed E-state index contributed by atoms with van der Waals surface area (Å²) in [6, 6.07) is 6.88. The summed E-state index contributed by atoms with van der Waals surface area (Å²) in [5, 5.41) is 10.7. The van der Waals surface area contributed by atoms with Crippen molar-refractivity contribution in [3.63, 3.8) is 0 Å². The average molecular weight is 355 g/mol. The van der Waals surface area contributed by atoms with Gasteiger partial charge >= 0.3 is 0 Å². The van der Waals surface area contributed by atoms with E-state index in [2.05, 4.69) is 27.9 Å². The lowest BCUT2D eigenvalue weighted by molar-refractivity contribution is -0.129. The number of nitrogen functional groups attached to an aromatic ring is 1. The number of amides is 2. The van der Waals surface area contributed by atoms with Gasteiger partial charge in [-0.05, 0) is 48.9 Å². The highest BCUT2D eigenvalue weighted by molar-refractivity contribution is 5.91. The highest BCUT2D eigenvalue weighted by Gasteiger charge is 2.28. The molecule has 138 valence electrons. The van der Waals surface area contributed by atoms with Crippen LogP contribution in [0, 0.1) is 5.92 Å². The topological polar surface area (TPSA) is 109 Å². The molecule has 3 rings (SSSR count). The molecule has 0 saturated carbocycles. The predicted molar refractivity (Wildman–Crippen MR) is 101 cm³/mol. The molecule has 1 aliphatic heterocycles. The zero-order valence-corrected chi connectivity index (χ0v) is 15.1. The first-order valence-corrected chi connectivity index (χ1v) is 8.88. The van der Waals surface area contributed by atoms with Gasteiger partial charge in [-0.15, -0.1) is 0 Å². The first kappa shape index (κ1) is 18.1. The van der Waals surface area contributed by atoms with Crippen LogP contribution in [0.2, 0.25) is 0 Å². The molecule has 1 aromatic heterocycles. The Morgan fingerprint density at radius 1 is 1.38 bits per heavy atom. The van der Waals surface area contributed by atoms with Crippen molar-refractivity contribution in [2.75, 3.05) is 12.3 Å². The second-order valence-electron chi connectivity index (χ2n) is 7.00. The monoisotopic (exact) mass is 355 g/mol. The van der Waals surface area contributed by atoms with E-state index < -0.39 is 6.04 Å². The quantitative estimate of drug-likeness (QED) is 0.638. The van der Waals surface area contributed by atoms with Gasteiger partial charge in [-0.1, -0.05) is 19.1 Å². The first-order valence-electron chi connectivity index (χ1n) is 8.88. The lowest BCUT2D eigenvalue weighted by Crippen LogP contribution is -2.49. The number of nitrogens with zero attached hydrogens (tertiary/aromatic N) is 1. The number of benzene rings is 1. The van der Waals surface area contributed by atoms with Gasteiger partial charge in [-0.3, -0.25) is 9.59 Å². The lowest BCUT2D eigenvalue weighted by atomic mass is 10.1. The molecule has 7 nitrogen and oxygen atoms in total. The number of nitrogens with one attached hydrogen (secondary N) is 3. The average Bonchev–Trinajstić information content (AvgIpc) is 3.06. The van der Waals surface area contributed by atoms with Crippen molar-refractivity contribution >= 4 is 28.4 Å². The standard InChI is InChI=1S/C19H25N5O2/c1-11-7-16(22-9-11)19(26)24-12(2)18(25)23-10-13-3-4-15-14(8-13)5-6-21-17(15)20/h3-6,8,11-12,16,22H,7,9-10H2,1-2H3,(H2,20,21)(H,23,25)(H,24,26)/t11-,12+,16-/m1/s1. The lowest BCUT2D eigenvalue weighted by Gasteiger charge is -2.17. The maximum Gasteiger partial charge on any atom is 0.242 e. The highest BCUT2D eigenvalue weighted by Crippen LogP contribution is 2.19. The van der Waals surface area contributed by atoms with Crippen LogP contribution >= 0.6 is 0 Å². The van der Waals surface area contributed by atoms with Crippen LogP contribution in [0.25, 0.3) is 10.8 Å². The molecular weight excluding hydrogens is 330 g/mol. The third-order valence-corrected chi connectivity index (χ3v) is 4.75. The largest absolute Gasteiger partial charge is 0.383 e. The van der Waals surface area contributed by atoms with Gasteiger partial charge in [-0.25, -0.2) is 4.98 Å². The molecule has 1 aromatic carbocycles. The number of rotatable bonds is 5. The van der Waals surface area contributed by atoms with E-state index in [9.17, 15) is 9.59 Å². The Morgan fingerprint density at radius 3 is 2.92 bits per heavy atom. The van der Waals surface area contributed by atoms with Crippen molar-refractivity contribution in [3.8, 4) is 0 Å². The van der Waals surface area contributed by atoms with Crippen LogP contribution in [0.15, 0.2) is 30.5 Å². The van der Waals surface area contributed by atoms with Gasteiger partial charge in [-0.2, -0.15) is 0 Å². The van der Waals surface area contributed by atoms with E-state index in [1.165, 1.54) is 0 Å². The number of carbonyl (C=O) groups excluding carboxylic acids is 2. The van der Waals surface area contributed by atoms with Gasteiger partial charge in [0.2, 0.25) is 11.8 Å². The summed E-state index contributed by atoms with van der Waals surface area (Å²) < 4.78 is 0. The fourth-order valence-corrected chi connectivity index (χ4v) is 3.19. The van der Waals surface area contributed by atoms with E-state index in [0.717, 1.165) is 29.3 Å². The Hall–Kier alpha value is -2.67. The third-order valence-electron chi connectivity index (χ3n) is 4.75. The summed E-state index contributed by atoms with van der Waals surface area (Å²) in [7, 11) is 0. The van der Waals surface area contributed by atoms with Crippen LogP contribution in [0.1, 0.15) is 25.8 Å². The molecule has 0 aliphatic carbocycles. The molecule has 0 radical (unpaired) electrons. The maximum atomic E-state index is 12.3. The first-order chi connectivity index (χ1) is 12.4. The second kappa shape index (κ2) is 7.70. The smallest absolute Gasteiger partial charge is 0.242 e. The molecule has 2 heterocycles. The number of pyridine rings is 1. The Bertz CT molecular complexity index is 823. The van der Waals surface area contributed by atoms with Crippen molar-refractivity contribution in [1.29, 1.82) is 0 Å². The minimum absolute atomic E-state index is 0.120. The van der Waals surface area contributed by atoms with Crippen molar-refractivity contribution in [1.82, 2.24) is 20.9 Å². The maximum absolute atomic E-state index is 12.3. The van der Waals surface area contributed by atoms with Crippen LogP contribution in [0.4, 0.5) is 5.82 Å². The van der Waals surface area contributed by atoms with E-state index in [1.54, 1.807) is 13.1 Å². The van der Waals surface area contributed by atoms with Crippen molar-refractivity contribution < 1.29 is 9.59 Å². The van der Waals surface area contributed by atoms with Gasteiger partial charge in [0, 0.05) is 18.1 Å². The van der Waals surface area contributed by atoms with Gasteiger partial charge < -0.3 is 21.7 Å². The zero-order valence-electron chi connectivity index (χ0n) is 15.1. The van der Waals surface area contributed by atoms with Crippen LogP contribution in [-0.2, 0) is 16.1 Å². The summed E-state index contributed by atoms with van der Waals surface area (Å²) in [5.41, 5.74) is 6.81. The summed E-state index contributed by atoms with van der Waals surface area (Å²) in [6.07, 6.45) is 2.46. The highest BCUT2D eigenvalue weighted by atomic mass is 16.2. The van der Waals surface area contributed by atoms with E-state index in [1.807, 2.05) is 24.3 Å². The van der Waals surface area contributed by atoms with E-state index in [-0.39, 0.29) is 17.9 Å². The summed E-state index contributed by atoms with van der Waals surface area (Å²) >= 11 is 0. The summed E-state index contributed by atoms with van der Waals surface area (Å²) in [5.74, 6) is 0.640. The minimum Gasteiger partial charge on any atom is -0.383 e. The minimum atomic E-state index is -0.583. The molecule has 3 atom stereocenters. The fourth-order valence-electron chi connectivity index (χ4n) is 3.19. The molecule has 2 aromatic rings. The molecule has 0 bridgehead atoms. The van der Waals surface area contributed by atoms with Crippen molar-refractivity contribution in [3.05, 3.63) is 36.0 Å². The van der Waals surface area contributed by atoms with Crippen molar-refractivity contribution in [2.24, 2.45) is 5.92 Å². The predicted octanol–water partition coefficient (Wildman–Crippen LogP) is 0.936. The Kier molecular flexibility index (Phi) is 5.37. The molecule has 0 spiro atoms. The number of anilines is 1. The normalized spacial score (nSPS) is 20.7. The molecule has 1 saturated heterocycles. The fraction of sp³-hybridized carbons (Fsp3) is 0.421.